The van der Waals surface area contributed by atoms with Crippen LogP contribution in [0, 0.1) is 5.92 Å². The van der Waals surface area contributed by atoms with Gasteiger partial charge in [-0.05, 0) is 42.7 Å². The van der Waals surface area contributed by atoms with Crippen molar-refractivity contribution in [3.05, 3.63) is 48.3 Å². The third kappa shape index (κ3) is 3.25. The Kier molecular flexibility index (Phi) is 4.64. The number of ether oxygens (including phenoxy) is 1. The van der Waals surface area contributed by atoms with Gasteiger partial charge in [0.2, 0.25) is 0 Å². The molecule has 1 saturated heterocycles. The standard InChI is InChI=1S/C20H17F3N4O4/c1-11-9-19(11)17(29)26(12-3-5-13(6-4-12)31-20(21,22)23)18(30)27(19)15-7-8-25-10-14(15)16(28)24-2/h3-8,10-11H,9H2,1-2H3,(H,24,28). The second kappa shape index (κ2) is 6.96. The van der Waals surface area contributed by atoms with Gasteiger partial charge in [0, 0.05) is 19.4 Å². The molecule has 1 aliphatic carbocycles. The van der Waals surface area contributed by atoms with Crippen molar-refractivity contribution in [1.29, 1.82) is 0 Å². The van der Waals surface area contributed by atoms with Crippen molar-refractivity contribution in [2.75, 3.05) is 16.8 Å². The summed E-state index contributed by atoms with van der Waals surface area (Å²) in [7, 11) is 1.43. The highest BCUT2D eigenvalue weighted by Crippen LogP contribution is 2.55. The summed E-state index contributed by atoms with van der Waals surface area (Å²) in [4.78, 5) is 45.1. The molecule has 4 rings (SSSR count). The topological polar surface area (TPSA) is 91.8 Å². The Balaban J connectivity index is 1.74. The number of carbonyl (C=O) groups excluding carboxylic acids is 3. The molecule has 31 heavy (non-hydrogen) atoms. The molecule has 1 aliphatic heterocycles. The van der Waals surface area contributed by atoms with Crippen LogP contribution in [0.3, 0.4) is 0 Å². The minimum atomic E-state index is -4.86. The van der Waals surface area contributed by atoms with E-state index in [-0.39, 0.29) is 22.9 Å². The third-order valence-electron chi connectivity index (χ3n) is 5.47. The Hall–Kier alpha value is -3.63. The highest BCUT2D eigenvalue weighted by Gasteiger charge is 2.70. The number of pyridine rings is 1. The Morgan fingerprint density at radius 1 is 1.23 bits per heavy atom. The van der Waals surface area contributed by atoms with Crippen LogP contribution in [0.4, 0.5) is 29.3 Å². The van der Waals surface area contributed by atoms with Crippen molar-refractivity contribution < 1.29 is 32.3 Å². The van der Waals surface area contributed by atoms with Crippen molar-refractivity contribution in [2.24, 2.45) is 5.92 Å². The first-order valence-corrected chi connectivity index (χ1v) is 9.31. The number of nitrogens with zero attached hydrogens (tertiary/aromatic N) is 3. The molecule has 4 amide bonds. The molecule has 1 spiro atoms. The van der Waals surface area contributed by atoms with Gasteiger partial charge in [-0.2, -0.15) is 0 Å². The molecule has 2 heterocycles. The van der Waals surface area contributed by atoms with Gasteiger partial charge in [-0.15, -0.1) is 13.2 Å². The zero-order valence-electron chi connectivity index (χ0n) is 16.4. The molecule has 2 atom stereocenters. The number of rotatable bonds is 4. The molecule has 1 saturated carbocycles. The fraction of sp³-hybridized carbons (Fsp3) is 0.300. The molecular formula is C20H17F3N4O4. The number of urea groups is 1. The third-order valence-corrected chi connectivity index (χ3v) is 5.47. The lowest BCUT2D eigenvalue weighted by molar-refractivity contribution is -0.274. The average Bonchev–Trinajstić information content (AvgIpc) is 3.33. The molecule has 162 valence electrons. The molecule has 2 aromatic rings. The molecule has 0 radical (unpaired) electrons. The van der Waals surface area contributed by atoms with E-state index in [2.05, 4.69) is 15.0 Å². The summed E-state index contributed by atoms with van der Waals surface area (Å²) in [6, 6.07) is 5.23. The number of amides is 4. The van der Waals surface area contributed by atoms with E-state index in [0.717, 1.165) is 17.0 Å². The first kappa shape index (κ1) is 20.6. The molecule has 1 aromatic heterocycles. The van der Waals surface area contributed by atoms with Gasteiger partial charge in [0.1, 0.15) is 11.3 Å². The van der Waals surface area contributed by atoms with E-state index in [9.17, 15) is 27.6 Å². The summed E-state index contributed by atoms with van der Waals surface area (Å²) >= 11 is 0. The molecule has 1 N–H and O–H groups in total. The number of carbonyl (C=O) groups is 3. The van der Waals surface area contributed by atoms with E-state index in [1.807, 2.05) is 6.92 Å². The average molecular weight is 434 g/mol. The number of imide groups is 1. The van der Waals surface area contributed by atoms with E-state index in [4.69, 9.17) is 0 Å². The molecule has 2 aliphatic rings. The van der Waals surface area contributed by atoms with Crippen LogP contribution in [-0.4, -0.2) is 41.8 Å². The van der Waals surface area contributed by atoms with Crippen LogP contribution < -0.4 is 19.9 Å². The number of hydrogen-bond acceptors (Lipinski definition) is 5. The molecule has 1 aromatic carbocycles. The highest BCUT2D eigenvalue weighted by atomic mass is 19.4. The number of anilines is 2. The van der Waals surface area contributed by atoms with Gasteiger partial charge < -0.3 is 10.1 Å². The molecule has 0 bridgehead atoms. The van der Waals surface area contributed by atoms with Gasteiger partial charge >= 0.3 is 12.4 Å². The van der Waals surface area contributed by atoms with Gasteiger partial charge in [-0.25, -0.2) is 9.69 Å². The fourth-order valence-electron chi connectivity index (χ4n) is 3.90. The van der Waals surface area contributed by atoms with E-state index in [0.29, 0.717) is 6.42 Å². The monoisotopic (exact) mass is 434 g/mol. The normalized spacial score (nSPS) is 22.8. The zero-order chi connectivity index (χ0) is 22.6. The van der Waals surface area contributed by atoms with Gasteiger partial charge in [-0.1, -0.05) is 6.92 Å². The largest absolute Gasteiger partial charge is 0.573 e. The Morgan fingerprint density at radius 3 is 2.42 bits per heavy atom. The van der Waals surface area contributed by atoms with Crippen molar-refractivity contribution in [2.45, 2.75) is 25.2 Å². The van der Waals surface area contributed by atoms with Gasteiger partial charge in [0.15, 0.2) is 0 Å². The summed E-state index contributed by atoms with van der Waals surface area (Å²) in [5.41, 5.74) is -0.708. The van der Waals surface area contributed by atoms with Crippen molar-refractivity contribution in [3.63, 3.8) is 0 Å². The number of hydrogen-bond donors (Lipinski definition) is 1. The van der Waals surface area contributed by atoms with Crippen LogP contribution in [0.2, 0.25) is 0 Å². The minimum absolute atomic E-state index is 0.0982. The predicted octanol–water partition coefficient (Wildman–Crippen LogP) is 3.09. The second-order valence-electron chi connectivity index (χ2n) is 7.30. The molecule has 2 fully saturated rings. The number of nitrogens with one attached hydrogen (secondary N) is 1. The zero-order valence-corrected chi connectivity index (χ0v) is 16.4. The number of aromatic nitrogens is 1. The Morgan fingerprint density at radius 2 is 1.87 bits per heavy atom. The van der Waals surface area contributed by atoms with Gasteiger partial charge in [0.25, 0.3) is 11.8 Å². The fourth-order valence-corrected chi connectivity index (χ4v) is 3.90. The SMILES string of the molecule is CNC(=O)c1cnccc1N1C(=O)N(c2ccc(OC(F)(F)F)cc2)C(=O)C12CC2C. The maximum absolute atomic E-state index is 13.4. The van der Waals surface area contributed by atoms with E-state index >= 15 is 0 Å². The minimum Gasteiger partial charge on any atom is -0.406 e. The second-order valence-corrected chi connectivity index (χ2v) is 7.30. The summed E-state index contributed by atoms with van der Waals surface area (Å²) in [6.45, 7) is 1.81. The predicted molar refractivity (Wildman–Crippen MR) is 103 cm³/mol. The number of benzene rings is 1. The van der Waals surface area contributed by atoms with Gasteiger partial charge in [-0.3, -0.25) is 19.5 Å². The Bertz CT molecular complexity index is 1070. The smallest absolute Gasteiger partial charge is 0.406 e. The van der Waals surface area contributed by atoms with Crippen molar-refractivity contribution >= 4 is 29.2 Å². The van der Waals surface area contributed by atoms with E-state index in [1.165, 1.54) is 42.5 Å². The first-order valence-electron chi connectivity index (χ1n) is 9.31. The summed E-state index contributed by atoms with van der Waals surface area (Å²) in [6.07, 6.45) is -1.76. The molecule has 11 heteroatoms. The van der Waals surface area contributed by atoms with Crippen LogP contribution in [0.5, 0.6) is 5.75 Å². The molecule has 8 nitrogen and oxygen atoms in total. The van der Waals surface area contributed by atoms with E-state index < -0.39 is 35.5 Å². The number of alkyl halides is 3. The van der Waals surface area contributed by atoms with E-state index in [1.54, 1.807) is 0 Å². The summed E-state index contributed by atoms with van der Waals surface area (Å²) in [5.74, 6) is -1.63. The summed E-state index contributed by atoms with van der Waals surface area (Å²) < 4.78 is 41.1. The summed E-state index contributed by atoms with van der Waals surface area (Å²) in [5, 5.41) is 2.48. The lowest BCUT2D eigenvalue weighted by Crippen LogP contribution is -2.40. The first-order chi connectivity index (χ1) is 14.6. The lowest BCUT2D eigenvalue weighted by atomic mass is 10.1. The quantitative estimate of drug-likeness (QED) is 0.747. The number of halogens is 3. The highest BCUT2D eigenvalue weighted by molar-refractivity contribution is 6.32. The van der Waals surface area contributed by atoms with Crippen LogP contribution in [0.1, 0.15) is 23.7 Å². The van der Waals surface area contributed by atoms with Crippen LogP contribution in [0.15, 0.2) is 42.7 Å². The molecule has 2 unspecified atom stereocenters. The van der Waals surface area contributed by atoms with Crippen LogP contribution >= 0.6 is 0 Å². The van der Waals surface area contributed by atoms with Crippen molar-refractivity contribution in [1.82, 2.24) is 10.3 Å². The van der Waals surface area contributed by atoms with Gasteiger partial charge in [0.05, 0.1) is 16.9 Å². The maximum Gasteiger partial charge on any atom is 0.573 e. The molecular weight excluding hydrogens is 417 g/mol. The van der Waals surface area contributed by atoms with Crippen LogP contribution in [0.25, 0.3) is 0 Å². The lowest BCUT2D eigenvalue weighted by Gasteiger charge is -2.24. The van der Waals surface area contributed by atoms with Crippen molar-refractivity contribution in [3.8, 4) is 5.75 Å². The van der Waals surface area contributed by atoms with Crippen LogP contribution in [-0.2, 0) is 4.79 Å². The maximum atomic E-state index is 13.4. The Labute approximate surface area is 174 Å².